The van der Waals surface area contributed by atoms with Crippen LogP contribution in [0, 0.1) is 13.8 Å². The van der Waals surface area contributed by atoms with E-state index in [9.17, 15) is 40.3 Å². The number of amides is 1. The van der Waals surface area contributed by atoms with Crippen molar-refractivity contribution in [2.75, 3.05) is 16.2 Å². The van der Waals surface area contributed by atoms with Crippen molar-refractivity contribution < 1.29 is 40.3 Å². The molecule has 0 fully saturated rings. The zero-order chi connectivity index (χ0) is 36.4. The topological polar surface area (TPSA) is 226 Å². The third-order valence-corrected chi connectivity index (χ3v) is 9.14. The molecule has 4 aromatic rings. The Kier molecular flexibility index (Phi) is 9.92. The highest BCUT2D eigenvalue weighted by molar-refractivity contribution is 7.86. The van der Waals surface area contributed by atoms with Crippen molar-refractivity contribution >= 4 is 72.3 Å². The SMILES string of the molecule is CC(=O)C(=NNc1ccc(-c2ccc(NN=C3C(=O)C=Cc4cc(S(=O)(=O)[O-])cc(S(=O)(=O)[O-])c43)cc2C)c(C)c1)C(=O)Nc1ccccc1. The van der Waals surface area contributed by atoms with Crippen LogP contribution >= 0.6 is 0 Å². The number of carbonyl (C=O) groups is 3. The van der Waals surface area contributed by atoms with Gasteiger partial charge in [0.25, 0.3) is 5.91 Å². The van der Waals surface area contributed by atoms with E-state index in [1.54, 1.807) is 60.7 Å². The highest BCUT2D eigenvalue weighted by atomic mass is 32.2. The number of nitrogens with one attached hydrogen (secondary N) is 3. The quantitative estimate of drug-likeness (QED) is 0.0914. The summed E-state index contributed by atoms with van der Waals surface area (Å²) in [7, 11) is -10.5. The molecular weight excluding hydrogens is 687 g/mol. The maximum atomic E-state index is 12.8. The van der Waals surface area contributed by atoms with Gasteiger partial charge in [0.05, 0.1) is 21.2 Å². The first-order valence-corrected chi connectivity index (χ1v) is 17.4. The number of hydrogen-bond donors (Lipinski definition) is 3. The molecule has 0 bridgehead atoms. The molecule has 50 heavy (non-hydrogen) atoms. The van der Waals surface area contributed by atoms with Gasteiger partial charge in [-0.05, 0) is 96.3 Å². The summed E-state index contributed by atoms with van der Waals surface area (Å²) in [5.74, 6) is -1.95. The van der Waals surface area contributed by atoms with Crippen molar-refractivity contribution in [1.82, 2.24) is 0 Å². The lowest BCUT2D eigenvalue weighted by molar-refractivity contribution is -0.114. The van der Waals surface area contributed by atoms with E-state index in [-0.39, 0.29) is 11.3 Å². The zero-order valence-electron chi connectivity index (χ0n) is 26.5. The highest BCUT2D eigenvalue weighted by Gasteiger charge is 2.27. The van der Waals surface area contributed by atoms with Gasteiger partial charge in [0.2, 0.25) is 5.78 Å². The predicted molar refractivity (Wildman–Crippen MR) is 185 cm³/mol. The van der Waals surface area contributed by atoms with Crippen molar-refractivity contribution in [1.29, 1.82) is 0 Å². The number of fused-ring (bicyclic) bond motifs is 1. The summed E-state index contributed by atoms with van der Waals surface area (Å²) in [5, 5.41) is 10.7. The molecule has 3 N–H and O–H groups in total. The summed E-state index contributed by atoms with van der Waals surface area (Å²) in [4.78, 5) is 35.5. The molecule has 256 valence electrons. The summed E-state index contributed by atoms with van der Waals surface area (Å²) in [6.07, 6.45) is 2.10. The van der Waals surface area contributed by atoms with Crippen molar-refractivity contribution in [3.05, 3.63) is 107 Å². The molecule has 5 rings (SSSR count). The van der Waals surface area contributed by atoms with Crippen molar-refractivity contribution in [2.24, 2.45) is 10.2 Å². The second kappa shape index (κ2) is 14.0. The monoisotopic (exact) mass is 713 g/mol. The number of carbonyl (C=O) groups excluding carboxylic acids is 3. The fraction of sp³-hybridized carbons (Fsp3) is 0.0882. The number of Topliss-reactive ketones (excluding diaryl/α,β-unsaturated/α-hetero) is 1. The van der Waals surface area contributed by atoms with E-state index < -0.39 is 58.8 Å². The number of benzene rings is 4. The molecule has 0 saturated carbocycles. The molecule has 0 heterocycles. The Balaban J connectivity index is 1.38. The molecule has 0 aliphatic heterocycles. The van der Waals surface area contributed by atoms with E-state index in [0.29, 0.717) is 23.1 Å². The first-order chi connectivity index (χ1) is 23.5. The number of ketones is 2. The molecule has 0 saturated heterocycles. The van der Waals surface area contributed by atoms with Gasteiger partial charge in [-0.2, -0.15) is 10.2 Å². The fourth-order valence-corrected chi connectivity index (χ4v) is 6.47. The third-order valence-electron chi connectivity index (χ3n) is 7.47. The maximum Gasteiger partial charge on any atom is 0.279 e. The van der Waals surface area contributed by atoms with Gasteiger partial charge in [-0.15, -0.1) is 0 Å². The molecule has 0 radical (unpaired) electrons. The number of nitrogens with zero attached hydrogens (tertiary/aromatic N) is 2. The zero-order valence-corrected chi connectivity index (χ0v) is 28.2. The average molecular weight is 714 g/mol. The summed E-state index contributed by atoms with van der Waals surface area (Å²) >= 11 is 0. The Morgan fingerprint density at radius 3 is 1.86 bits per heavy atom. The molecule has 14 nitrogen and oxygen atoms in total. The first kappa shape index (κ1) is 35.5. The molecular formula is C34H27N5O9S2-2. The number of anilines is 3. The van der Waals surface area contributed by atoms with Crippen LogP contribution in [0.25, 0.3) is 17.2 Å². The van der Waals surface area contributed by atoms with Crippen LogP contribution in [0.4, 0.5) is 17.1 Å². The van der Waals surface area contributed by atoms with Gasteiger partial charge in [-0.3, -0.25) is 25.2 Å². The number of hydrazone groups is 2. The second-order valence-corrected chi connectivity index (χ2v) is 13.8. The first-order valence-electron chi connectivity index (χ1n) is 14.6. The van der Waals surface area contributed by atoms with Gasteiger partial charge in [0, 0.05) is 18.2 Å². The van der Waals surface area contributed by atoms with Crippen molar-refractivity contribution in [3.63, 3.8) is 0 Å². The Morgan fingerprint density at radius 2 is 1.32 bits per heavy atom. The lowest BCUT2D eigenvalue weighted by Gasteiger charge is -2.21. The minimum atomic E-state index is -5.34. The van der Waals surface area contributed by atoms with Crippen LogP contribution in [0.15, 0.2) is 105 Å². The average Bonchev–Trinajstić information content (AvgIpc) is 3.04. The Morgan fingerprint density at radius 1 is 0.720 bits per heavy atom. The van der Waals surface area contributed by atoms with Crippen LogP contribution in [0.3, 0.4) is 0 Å². The molecule has 1 aliphatic carbocycles. The van der Waals surface area contributed by atoms with Crippen molar-refractivity contribution in [3.8, 4) is 11.1 Å². The largest absolute Gasteiger partial charge is 0.744 e. The van der Waals surface area contributed by atoms with Crippen LogP contribution in [-0.2, 0) is 34.6 Å². The molecule has 16 heteroatoms. The fourth-order valence-electron chi connectivity index (χ4n) is 5.13. The number of allylic oxidation sites excluding steroid dienone is 1. The maximum absolute atomic E-state index is 12.8. The van der Waals surface area contributed by atoms with Gasteiger partial charge >= 0.3 is 0 Å². The molecule has 1 amide bonds. The summed E-state index contributed by atoms with van der Waals surface area (Å²) in [6.45, 7) is 4.93. The molecule has 0 spiro atoms. The van der Waals surface area contributed by atoms with Crippen LogP contribution in [0.2, 0.25) is 0 Å². The second-order valence-electron chi connectivity index (χ2n) is 11.1. The predicted octanol–water partition coefficient (Wildman–Crippen LogP) is 4.19. The van der Waals surface area contributed by atoms with Crippen molar-refractivity contribution in [2.45, 2.75) is 30.6 Å². The van der Waals surface area contributed by atoms with Crippen LogP contribution in [-0.4, -0.2) is 54.8 Å². The smallest absolute Gasteiger partial charge is 0.279 e. The minimum Gasteiger partial charge on any atom is -0.744 e. The van der Waals surface area contributed by atoms with E-state index in [4.69, 9.17) is 0 Å². The Labute approximate surface area is 287 Å². The van der Waals surface area contributed by atoms with Gasteiger partial charge in [-0.1, -0.05) is 36.4 Å². The molecule has 1 aliphatic rings. The number of hydrogen-bond acceptors (Lipinski definition) is 13. The lowest BCUT2D eigenvalue weighted by Crippen LogP contribution is -2.29. The van der Waals surface area contributed by atoms with E-state index >= 15 is 0 Å². The Hall–Kier alpha value is -5.81. The summed E-state index contributed by atoms with van der Waals surface area (Å²) in [6, 6.07) is 20.4. The van der Waals surface area contributed by atoms with Gasteiger partial charge in [0.15, 0.2) is 11.5 Å². The number of aryl methyl sites for hydroxylation is 2. The number of para-hydroxylation sites is 1. The van der Waals surface area contributed by atoms with Crippen LogP contribution in [0.5, 0.6) is 0 Å². The van der Waals surface area contributed by atoms with Gasteiger partial charge in [-0.25, -0.2) is 16.8 Å². The normalized spacial score (nSPS) is 13.9. The van der Waals surface area contributed by atoms with E-state index in [1.165, 1.54) is 6.92 Å². The van der Waals surface area contributed by atoms with Gasteiger partial charge in [0.1, 0.15) is 25.9 Å². The third kappa shape index (κ3) is 7.90. The van der Waals surface area contributed by atoms with Crippen LogP contribution in [0.1, 0.15) is 29.2 Å². The van der Waals surface area contributed by atoms with E-state index in [2.05, 4.69) is 26.4 Å². The van der Waals surface area contributed by atoms with Gasteiger partial charge < -0.3 is 14.4 Å². The highest BCUT2D eigenvalue weighted by Crippen LogP contribution is 2.32. The van der Waals surface area contributed by atoms with E-state index in [0.717, 1.165) is 40.5 Å². The number of rotatable bonds is 10. The molecule has 0 aromatic heterocycles. The standard InChI is InChI=1S/C34H29N5O9S2/c1-19-15-24(36-38-32(21(3)40)34(42)35-23-7-5-4-6-8-23)10-12-27(19)28-13-11-25(16-20(28)2)37-39-33-29(41)14-9-22-17-26(49(43,44)45)18-30(31(22)33)50(46,47)48/h4-18,36-37H,1-3H3,(H,35,42)(H,43,44,45)(H,46,47,48)/p-2. The summed E-state index contributed by atoms with van der Waals surface area (Å²) in [5.41, 5.74) is 8.79. The minimum absolute atomic E-state index is 0.157. The Bertz CT molecular complexity index is 2390. The lowest BCUT2D eigenvalue weighted by atomic mass is 9.94. The summed E-state index contributed by atoms with van der Waals surface area (Å²) < 4.78 is 70.9. The molecule has 0 unspecified atom stereocenters. The molecule has 4 aromatic carbocycles. The van der Waals surface area contributed by atoms with E-state index in [1.807, 2.05) is 19.9 Å². The molecule has 0 atom stereocenters. The van der Waals surface area contributed by atoms with Crippen LogP contribution < -0.4 is 16.2 Å².